The van der Waals surface area contributed by atoms with Crippen LogP contribution in [0, 0.1) is 11.8 Å². The first kappa shape index (κ1) is 32.6. The van der Waals surface area contributed by atoms with Crippen LogP contribution in [-0.2, 0) is 12.8 Å². The molecule has 3 N–H and O–H groups in total. The van der Waals surface area contributed by atoms with Crippen LogP contribution in [0.25, 0.3) is 17.1 Å². The average molecular weight is 616 g/mol. The Morgan fingerprint density at radius 2 is 1.28 bits per heavy atom. The molecule has 0 aliphatic carbocycles. The summed E-state index contributed by atoms with van der Waals surface area (Å²) in [7, 11) is 0. The van der Waals surface area contributed by atoms with Gasteiger partial charge in [0.25, 0.3) is 5.56 Å². The summed E-state index contributed by atoms with van der Waals surface area (Å²) in [6.45, 7) is 2.26. The molecule has 5 rings (SSSR count). The van der Waals surface area contributed by atoms with Crippen LogP contribution in [0.3, 0.4) is 0 Å². The number of H-pyrrole nitrogens is 1. The summed E-state index contributed by atoms with van der Waals surface area (Å²) >= 11 is 0. The van der Waals surface area contributed by atoms with Gasteiger partial charge < -0.3 is 15.2 Å². The van der Waals surface area contributed by atoms with Crippen molar-refractivity contribution in [1.29, 1.82) is 0 Å². The highest BCUT2D eigenvalue weighted by molar-refractivity contribution is 5.61. The lowest BCUT2D eigenvalue weighted by Crippen LogP contribution is -2.17. The van der Waals surface area contributed by atoms with Gasteiger partial charge in [-0.3, -0.25) is 9.36 Å². The minimum Gasteiger partial charge on any atom is -0.508 e. The number of hydrogen-bond acceptors (Lipinski definition) is 4. The van der Waals surface area contributed by atoms with E-state index in [4.69, 9.17) is 4.98 Å². The zero-order valence-electron chi connectivity index (χ0n) is 26.9. The molecule has 3 aromatic carbocycles. The first-order chi connectivity index (χ1) is 22.5. The van der Waals surface area contributed by atoms with E-state index in [-0.39, 0.29) is 17.1 Å². The van der Waals surface area contributed by atoms with Crippen molar-refractivity contribution in [2.75, 3.05) is 0 Å². The molecule has 0 aromatic heterocycles. The number of phenols is 2. The number of benzene rings is 3. The van der Waals surface area contributed by atoms with E-state index < -0.39 is 0 Å². The Morgan fingerprint density at radius 3 is 1.93 bits per heavy atom. The van der Waals surface area contributed by atoms with Crippen molar-refractivity contribution >= 4 is 0 Å². The predicted molar refractivity (Wildman–Crippen MR) is 186 cm³/mol. The highest BCUT2D eigenvalue weighted by atomic mass is 16.3. The Hall–Kier alpha value is -4.76. The van der Waals surface area contributed by atoms with Crippen LogP contribution in [0.5, 0.6) is 11.5 Å². The molecule has 0 saturated heterocycles. The van der Waals surface area contributed by atoms with Gasteiger partial charge in [-0.15, -0.1) is 0 Å². The second-order valence-corrected chi connectivity index (χ2v) is 12.2. The third-order valence-electron chi connectivity index (χ3n) is 8.46. The Bertz CT molecular complexity index is 1750. The van der Waals surface area contributed by atoms with E-state index in [1.165, 1.54) is 57.8 Å². The van der Waals surface area contributed by atoms with Gasteiger partial charge in [-0.05, 0) is 71.6 Å². The first-order valence-corrected chi connectivity index (χ1v) is 16.8. The molecule has 2 aliphatic rings. The number of aromatic nitrogens is 3. The second kappa shape index (κ2) is 16.5. The molecule has 0 saturated carbocycles. The number of phenolic OH excluding ortho intramolecular Hbond substituents is 2. The molecule has 0 amide bonds. The summed E-state index contributed by atoms with van der Waals surface area (Å²) in [4.78, 5) is 21.9. The second-order valence-electron chi connectivity index (χ2n) is 12.2. The van der Waals surface area contributed by atoms with Crippen molar-refractivity contribution in [2.24, 2.45) is 0 Å². The molecule has 0 spiro atoms. The molecule has 6 heteroatoms. The SMILES string of the molecule is CCCCCCCCCCCCC#Cc1ccc(Cc2nc3c(Cc4ccc(O)cc4)[nH]c(-c4ccc(O)cc4)cn-3c2=O)cc1. The number of nitrogens with zero attached hydrogens (tertiary/aromatic N) is 2. The lowest BCUT2D eigenvalue weighted by Gasteiger charge is -2.13. The lowest BCUT2D eigenvalue weighted by atomic mass is 10.1. The fourth-order valence-corrected chi connectivity index (χ4v) is 5.79. The number of hydrogen-bond donors (Lipinski definition) is 3. The van der Waals surface area contributed by atoms with E-state index >= 15 is 0 Å². The van der Waals surface area contributed by atoms with E-state index in [9.17, 15) is 15.0 Å². The summed E-state index contributed by atoms with van der Waals surface area (Å²) < 4.78 is 1.61. The minimum atomic E-state index is -0.156. The Morgan fingerprint density at radius 1 is 0.717 bits per heavy atom. The third-order valence-corrected chi connectivity index (χ3v) is 8.46. The smallest absolute Gasteiger partial charge is 0.278 e. The van der Waals surface area contributed by atoms with Crippen molar-refractivity contribution in [3.63, 3.8) is 0 Å². The van der Waals surface area contributed by atoms with E-state index in [1.54, 1.807) is 47.2 Å². The summed E-state index contributed by atoms with van der Waals surface area (Å²) in [6.07, 6.45) is 16.9. The number of aromatic amines is 1. The van der Waals surface area contributed by atoms with Crippen molar-refractivity contribution < 1.29 is 10.2 Å². The molecule has 2 aliphatic heterocycles. The molecular weight excluding hydrogens is 570 g/mol. The van der Waals surface area contributed by atoms with E-state index in [1.807, 2.05) is 36.4 Å². The third kappa shape index (κ3) is 9.14. The van der Waals surface area contributed by atoms with Crippen LogP contribution < -0.4 is 5.56 Å². The number of imidazole rings is 1. The molecule has 0 radical (unpaired) electrons. The van der Waals surface area contributed by atoms with Crippen LogP contribution in [0.4, 0.5) is 0 Å². The maximum absolute atomic E-state index is 13.6. The van der Waals surface area contributed by atoms with Gasteiger partial charge in [0.15, 0.2) is 5.82 Å². The topological polar surface area (TPSA) is 91.1 Å². The molecule has 46 heavy (non-hydrogen) atoms. The number of rotatable bonds is 15. The van der Waals surface area contributed by atoms with Gasteiger partial charge in [-0.1, -0.05) is 101 Å². The van der Waals surface area contributed by atoms with Crippen molar-refractivity contribution in [3.8, 4) is 40.4 Å². The summed E-state index contributed by atoms with van der Waals surface area (Å²) in [5.74, 6) is 7.57. The predicted octanol–water partition coefficient (Wildman–Crippen LogP) is 8.92. The highest BCUT2D eigenvalue weighted by Gasteiger charge is 2.20. The number of nitrogens with one attached hydrogen (secondary N) is 1. The summed E-state index contributed by atoms with van der Waals surface area (Å²) in [6, 6.07) is 22.0. The fourth-order valence-electron chi connectivity index (χ4n) is 5.79. The van der Waals surface area contributed by atoms with Crippen LogP contribution in [0.15, 0.2) is 83.8 Å². The van der Waals surface area contributed by atoms with Crippen LogP contribution in [0.1, 0.15) is 106 Å². The standard InChI is InChI=1S/C40H45N3O3/c1-2-3-4-5-6-7-8-9-10-11-12-13-14-30-15-17-31(18-16-30)28-37-40(46)43-29-38(33-21-25-35(45)26-22-33)41-36(39(43)42-37)27-32-19-23-34(44)24-20-32/h15-26,29,41,44-45H,2-12,27-28H2,1H3. The maximum Gasteiger partial charge on any atom is 0.278 e. The zero-order chi connectivity index (χ0) is 32.1. The number of fused-ring (bicyclic) bond motifs is 1. The van der Waals surface area contributed by atoms with E-state index in [2.05, 4.69) is 23.7 Å². The molecule has 0 bridgehead atoms. The van der Waals surface area contributed by atoms with E-state index in [0.29, 0.717) is 24.4 Å². The van der Waals surface area contributed by atoms with Crippen LogP contribution in [0.2, 0.25) is 0 Å². The fraction of sp³-hybridized carbons (Fsp3) is 0.350. The molecular formula is C40H45N3O3. The molecule has 2 heterocycles. The van der Waals surface area contributed by atoms with Crippen molar-refractivity contribution in [2.45, 2.75) is 90.4 Å². The average Bonchev–Trinajstić information content (AvgIpc) is 3.38. The van der Waals surface area contributed by atoms with Gasteiger partial charge in [-0.25, -0.2) is 4.98 Å². The zero-order valence-corrected chi connectivity index (χ0v) is 26.9. The van der Waals surface area contributed by atoms with Crippen LogP contribution in [-0.4, -0.2) is 24.7 Å². The largest absolute Gasteiger partial charge is 0.508 e. The van der Waals surface area contributed by atoms with Gasteiger partial charge >= 0.3 is 0 Å². The summed E-state index contributed by atoms with van der Waals surface area (Å²) in [5, 5.41) is 19.5. The van der Waals surface area contributed by atoms with Gasteiger partial charge in [-0.2, -0.15) is 0 Å². The maximum atomic E-state index is 13.6. The molecule has 0 fully saturated rings. The monoisotopic (exact) mass is 615 g/mol. The Labute approximate surface area is 272 Å². The van der Waals surface area contributed by atoms with E-state index in [0.717, 1.165) is 46.5 Å². The number of aromatic hydroxyl groups is 2. The molecule has 0 atom stereocenters. The van der Waals surface area contributed by atoms with Crippen molar-refractivity contribution in [3.05, 3.63) is 117 Å². The van der Waals surface area contributed by atoms with Gasteiger partial charge in [0.05, 0.1) is 11.4 Å². The molecule has 3 aromatic rings. The molecule has 0 unspecified atom stereocenters. The quantitative estimate of drug-likeness (QED) is 0.0810. The summed E-state index contributed by atoms with van der Waals surface area (Å²) in [5.41, 5.74) is 5.64. The van der Waals surface area contributed by atoms with Crippen LogP contribution >= 0.6 is 0 Å². The number of unbranched alkanes of at least 4 members (excludes halogenated alkanes) is 10. The van der Waals surface area contributed by atoms with Gasteiger partial charge in [0.2, 0.25) is 0 Å². The first-order valence-electron chi connectivity index (χ1n) is 16.8. The lowest BCUT2D eigenvalue weighted by molar-refractivity contribution is 0.474. The van der Waals surface area contributed by atoms with Gasteiger partial charge in [0.1, 0.15) is 17.2 Å². The molecule has 238 valence electrons. The Balaban J connectivity index is 1.23. The Kier molecular flexibility index (Phi) is 11.7. The minimum absolute atomic E-state index is 0.156. The van der Waals surface area contributed by atoms with Gasteiger partial charge in [0, 0.05) is 31.0 Å². The van der Waals surface area contributed by atoms with Crippen molar-refractivity contribution in [1.82, 2.24) is 14.5 Å². The molecule has 6 nitrogen and oxygen atoms in total. The highest BCUT2D eigenvalue weighted by Crippen LogP contribution is 2.25. The normalized spacial score (nSPS) is 11.1.